The molecule has 1 atom stereocenters. The molecule has 42 heavy (non-hydrogen) atoms. The fraction of sp³-hybridized carbons (Fsp3) is 0.543. The van der Waals surface area contributed by atoms with E-state index in [-0.39, 0.29) is 22.8 Å². The van der Waals surface area contributed by atoms with Crippen molar-refractivity contribution in [1.29, 1.82) is 0 Å². The van der Waals surface area contributed by atoms with Gasteiger partial charge in [-0.15, -0.1) is 0 Å². The Hall–Kier alpha value is -3.48. The first kappa shape index (κ1) is 33.0. The molecule has 7 heteroatoms. The van der Waals surface area contributed by atoms with Gasteiger partial charge in [0.2, 0.25) is 0 Å². The van der Waals surface area contributed by atoms with Crippen LogP contribution in [0.5, 0.6) is 17.2 Å². The molecule has 1 aliphatic heterocycles. The number of aliphatic hydroxyl groups is 1. The minimum atomic E-state index is -0.788. The zero-order chi connectivity index (χ0) is 30.3. The van der Waals surface area contributed by atoms with Gasteiger partial charge in [0.15, 0.2) is 11.5 Å². The lowest BCUT2D eigenvalue weighted by Gasteiger charge is -2.26. The lowest BCUT2D eigenvalue weighted by atomic mass is 9.95. The molecule has 0 radical (unpaired) electrons. The first-order valence-corrected chi connectivity index (χ1v) is 15.7. The summed E-state index contributed by atoms with van der Waals surface area (Å²) in [5, 5.41) is 21.4. The van der Waals surface area contributed by atoms with Crippen molar-refractivity contribution in [3.63, 3.8) is 0 Å². The second-order valence-electron chi connectivity index (χ2n) is 11.2. The molecular weight excluding hydrogens is 530 g/mol. The van der Waals surface area contributed by atoms with E-state index in [9.17, 15) is 19.8 Å². The summed E-state index contributed by atoms with van der Waals surface area (Å²) in [5.74, 6) is -0.775. The standard InChI is InChI=1S/C35H49NO6/c1-4-5-6-7-8-9-10-11-12-13-14-15-16-17-24-36-32(27-20-23-29(37)30(25-27)42-3)31(34(39)35(36)40)33(38)26-18-21-28(41-2)22-19-26/h18-23,25,32,37-38H,4-17,24H2,1-3H3/b33-31+/t32-/m0/s1. The van der Waals surface area contributed by atoms with Gasteiger partial charge in [0, 0.05) is 12.1 Å². The van der Waals surface area contributed by atoms with Gasteiger partial charge in [0.1, 0.15) is 11.5 Å². The van der Waals surface area contributed by atoms with Crippen molar-refractivity contribution >= 4 is 17.4 Å². The number of benzene rings is 2. The number of amides is 1. The zero-order valence-electron chi connectivity index (χ0n) is 25.7. The highest BCUT2D eigenvalue weighted by Gasteiger charge is 2.46. The summed E-state index contributed by atoms with van der Waals surface area (Å²) in [4.78, 5) is 28.1. The van der Waals surface area contributed by atoms with Gasteiger partial charge in [0.05, 0.1) is 25.8 Å². The van der Waals surface area contributed by atoms with Gasteiger partial charge in [0.25, 0.3) is 11.7 Å². The van der Waals surface area contributed by atoms with E-state index in [1.54, 1.807) is 48.4 Å². The number of rotatable bonds is 19. The maximum Gasteiger partial charge on any atom is 0.295 e. The van der Waals surface area contributed by atoms with E-state index >= 15 is 0 Å². The Kier molecular flexibility index (Phi) is 13.7. The average Bonchev–Trinajstić information content (AvgIpc) is 3.26. The number of unbranched alkanes of at least 4 members (excludes halogenated alkanes) is 13. The van der Waals surface area contributed by atoms with Crippen molar-refractivity contribution in [1.82, 2.24) is 4.90 Å². The van der Waals surface area contributed by atoms with Gasteiger partial charge >= 0.3 is 0 Å². The third kappa shape index (κ3) is 9.01. The first-order valence-electron chi connectivity index (χ1n) is 15.7. The van der Waals surface area contributed by atoms with Crippen LogP contribution in [0.4, 0.5) is 0 Å². The number of carbonyl (C=O) groups is 2. The van der Waals surface area contributed by atoms with Crippen LogP contribution in [-0.4, -0.2) is 47.6 Å². The van der Waals surface area contributed by atoms with Gasteiger partial charge in [-0.25, -0.2) is 0 Å². The highest BCUT2D eigenvalue weighted by Crippen LogP contribution is 2.42. The second-order valence-corrected chi connectivity index (χ2v) is 11.2. The number of aromatic hydroxyl groups is 1. The number of hydrogen-bond donors (Lipinski definition) is 2. The number of Topliss-reactive ketones (excluding diaryl/α,β-unsaturated/α-hetero) is 1. The maximum atomic E-state index is 13.3. The number of phenolic OH excluding ortho intramolecular Hbond substituents is 1. The third-order valence-corrected chi connectivity index (χ3v) is 8.18. The normalized spacial score (nSPS) is 16.3. The quantitative estimate of drug-likeness (QED) is 0.0752. The molecule has 0 bridgehead atoms. The van der Waals surface area contributed by atoms with Crippen LogP contribution in [0.1, 0.15) is 114 Å². The molecule has 1 aliphatic rings. The van der Waals surface area contributed by atoms with Crippen LogP contribution in [0.15, 0.2) is 48.0 Å². The largest absolute Gasteiger partial charge is 0.507 e. The number of nitrogens with zero attached hydrogens (tertiary/aromatic N) is 1. The predicted molar refractivity (Wildman–Crippen MR) is 167 cm³/mol. The Bertz CT molecular complexity index is 1170. The molecule has 1 saturated heterocycles. The van der Waals surface area contributed by atoms with Crippen LogP contribution in [0, 0.1) is 0 Å². The van der Waals surface area contributed by atoms with Gasteiger partial charge in [-0.3, -0.25) is 9.59 Å². The van der Waals surface area contributed by atoms with Crippen LogP contribution < -0.4 is 9.47 Å². The Balaban J connectivity index is 1.61. The summed E-state index contributed by atoms with van der Waals surface area (Å²) in [5.41, 5.74) is 1.04. The Morgan fingerprint density at radius 2 is 1.31 bits per heavy atom. The number of aliphatic hydroxyl groups excluding tert-OH is 1. The van der Waals surface area contributed by atoms with Gasteiger partial charge in [-0.1, -0.05) is 96.5 Å². The molecule has 2 aromatic carbocycles. The van der Waals surface area contributed by atoms with Crippen molar-refractivity contribution in [3.8, 4) is 17.2 Å². The molecular formula is C35H49NO6. The van der Waals surface area contributed by atoms with E-state index in [0.717, 1.165) is 19.3 Å². The number of ketones is 1. The number of ether oxygens (including phenoxy) is 2. The molecule has 2 aromatic rings. The van der Waals surface area contributed by atoms with Crippen LogP contribution >= 0.6 is 0 Å². The lowest BCUT2D eigenvalue weighted by Crippen LogP contribution is -2.30. The van der Waals surface area contributed by atoms with Crippen LogP contribution in [0.2, 0.25) is 0 Å². The minimum Gasteiger partial charge on any atom is -0.507 e. The van der Waals surface area contributed by atoms with E-state index in [0.29, 0.717) is 23.4 Å². The monoisotopic (exact) mass is 579 g/mol. The molecule has 2 N–H and O–H groups in total. The van der Waals surface area contributed by atoms with Crippen LogP contribution in [0.3, 0.4) is 0 Å². The van der Waals surface area contributed by atoms with E-state index in [1.165, 1.54) is 83.8 Å². The first-order chi connectivity index (χ1) is 20.4. The van der Waals surface area contributed by atoms with Crippen LogP contribution in [-0.2, 0) is 9.59 Å². The maximum absolute atomic E-state index is 13.3. The fourth-order valence-electron chi connectivity index (χ4n) is 5.70. The smallest absolute Gasteiger partial charge is 0.295 e. The minimum absolute atomic E-state index is 0.0308. The number of carbonyl (C=O) groups excluding carboxylic acids is 2. The fourth-order valence-corrected chi connectivity index (χ4v) is 5.70. The van der Waals surface area contributed by atoms with Crippen molar-refractivity contribution in [2.45, 2.75) is 103 Å². The lowest BCUT2D eigenvalue weighted by molar-refractivity contribution is -0.139. The number of likely N-dealkylation sites (tertiary alicyclic amines) is 1. The number of hydrogen-bond acceptors (Lipinski definition) is 6. The Morgan fingerprint density at radius 3 is 1.83 bits per heavy atom. The molecule has 1 amide bonds. The highest BCUT2D eigenvalue weighted by molar-refractivity contribution is 6.46. The van der Waals surface area contributed by atoms with E-state index < -0.39 is 17.7 Å². The molecule has 230 valence electrons. The van der Waals surface area contributed by atoms with Crippen LogP contribution in [0.25, 0.3) is 5.76 Å². The number of methoxy groups -OCH3 is 2. The van der Waals surface area contributed by atoms with Gasteiger partial charge in [-0.2, -0.15) is 0 Å². The topological polar surface area (TPSA) is 96.3 Å². The molecule has 0 spiro atoms. The van der Waals surface area contributed by atoms with Gasteiger partial charge < -0.3 is 24.6 Å². The molecule has 0 saturated carbocycles. The molecule has 0 aliphatic carbocycles. The molecule has 0 aromatic heterocycles. The number of phenols is 1. The SMILES string of the molecule is CCCCCCCCCCCCCCCCN1C(=O)C(=O)/C(=C(/O)c2ccc(OC)cc2)[C@@H]1c1ccc(O)c(OC)c1. The zero-order valence-corrected chi connectivity index (χ0v) is 25.7. The second kappa shape index (κ2) is 17.5. The molecule has 1 heterocycles. The molecule has 1 fully saturated rings. The average molecular weight is 580 g/mol. The Morgan fingerprint density at radius 1 is 0.762 bits per heavy atom. The van der Waals surface area contributed by atoms with Crippen molar-refractivity contribution in [3.05, 3.63) is 59.2 Å². The highest BCUT2D eigenvalue weighted by atomic mass is 16.5. The summed E-state index contributed by atoms with van der Waals surface area (Å²) in [6.45, 7) is 2.65. The summed E-state index contributed by atoms with van der Waals surface area (Å²) < 4.78 is 10.5. The van der Waals surface area contributed by atoms with E-state index in [2.05, 4.69) is 6.92 Å². The van der Waals surface area contributed by atoms with E-state index in [4.69, 9.17) is 9.47 Å². The van der Waals surface area contributed by atoms with Crippen molar-refractivity contribution in [2.24, 2.45) is 0 Å². The summed E-state index contributed by atoms with van der Waals surface area (Å²) in [6, 6.07) is 10.7. The molecule has 0 unspecified atom stereocenters. The van der Waals surface area contributed by atoms with E-state index in [1.807, 2.05) is 0 Å². The predicted octanol–water partition coefficient (Wildman–Crippen LogP) is 8.31. The summed E-state index contributed by atoms with van der Waals surface area (Å²) in [7, 11) is 3.00. The summed E-state index contributed by atoms with van der Waals surface area (Å²) in [6.07, 6.45) is 17.3. The molecule has 3 rings (SSSR count). The van der Waals surface area contributed by atoms with Crippen molar-refractivity contribution in [2.75, 3.05) is 20.8 Å². The summed E-state index contributed by atoms with van der Waals surface area (Å²) >= 11 is 0. The van der Waals surface area contributed by atoms with Crippen molar-refractivity contribution < 1.29 is 29.3 Å². The Labute approximate surface area is 251 Å². The third-order valence-electron chi connectivity index (χ3n) is 8.18. The molecule has 7 nitrogen and oxygen atoms in total. The van der Waals surface area contributed by atoms with Gasteiger partial charge in [-0.05, 0) is 48.4 Å².